The number of methoxy groups -OCH3 is 1. The van der Waals surface area contributed by atoms with E-state index < -0.39 is 11.9 Å². The number of carbonyl (C=O) groups is 1. The summed E-state index contributed by atoms with van der Waals surface area (Å²) in [6.07, 6.45) is 10.2. The minimum absolute atomic E-state index is 0.265. The van der Waals surface area contributed by atoms with Crippen molar-refractivity contribution >= 4 is 17.6 Å². The van der Waals surface area contributed by atoms with E-state index in [0.29, 0.717) is 17.9 Å². The molecule has 1 N–H and O–H groups in total. The van der Waals surface area contributed by atoms with E-state index in [-0.39, 0.29) is 5.82 Å². The number of hydrogen-bond acceptors (Lipinski definition) is 3. The van der Waals surface area contributed by atoms with E-state index in [1.165, 1.54) is 24.8 Å². The number of ether oxygens (including phenoxy) is 1. The molecule has 1 aromatic heterocycles. The molecule has 5 heteroatoms. The third-order valence-corrected chi connectivity index (χ3v) is 6.11. The van der Waals surface area contributed by atoms with Gasteiger partial charge in [-0.05, 0) is 64.8 Å². The van der Waals surface area contributed by atoms with E-state index in [2.05, 4.69) is 11.1 Å². The summed E-state index contributed by atoms with van der Waals surface area (Å²) in [7, 11) is 1.55. The van der Waals surface area contributed by atoms with Gasteiger partial charge < -0.3 is 9.84 Å². The second-order valence-corrected chi connectivity index (χ2v) is 8.99. The number of halogens is 1. The van der Waals surface area contributed by atoms with Crippen LogP contribution in [0, 0.1) is 11.7 Å². The second-order valence-electron chi connectivity index (χ2n) is 8.99. The summed E-state index contributed by atoms with van der Waals surface area (Å²) in [5, 5.41) is 9.17. The largest absolute Gasteiger partial charge is 0.481 e. The molecule has 0 bridgehead atoms. The first-order chi connectivity index (χ1) is 16.4. The Morgan fingerprint density at radius 3 is 2.50 bits per heavy atom. The highest BCUT2D eigenvalue weighted by Crippen LogP contribution is 2.34. The quantitative estimate of drug-likeness (QED) is 0.440. The SMILES string of the molecule is C1CC1.COc1cc(-c2ccc(C3=Cc4cc(CC(C)C(=O)O)ccc4CC3)c(F)c2)ccn1. The smallest absolute Gasteiger partial charge is 0.306 e. The number of aryl methyl sites for hydroxylation is 1. The Morgan fingerprint density at radius 2 is 1.82 bits per heavy atom. The van der Waals surface area contributed by atoms with Crippen LogP contribution in [-0.2, 0) is 17.6 Å². The fraction of sp³-hybridized carbons (Fsp3) is 0.310. The topological polar surface area (TPSA) is 59.4 Å². The number of benzene rings is 2. The van der Waals surface area contributed by atoms with Crippen molar-refractivity contribution < 1.29 is 19.0 Å². The Morgan fingerprint density at radius 1 is 1.06 bits per heavy atom. The lowest BCUT2D eigenvalue weighted by Crippen LogP contribution is -2.12. The van der Waals surface area contributed by atoms with Gasteiger partial charge in [0.2, 0.25) is 5.88 Å². The van der Waals surface area contributed by atoms with Crippen LogP contribution in [0.5, 0.6) is 5.88 Å². The van der Waals surface area contributed by atoms with E-state index in [1.807, 2.05) is 36.4 Å². The lowest BCUT2D eigenvalue weighted by molar-refractivity contribution is -0.141. The minimum atomic E-state index is -0.803. The number of aliphatic carboxylic acids is 1. The van der Waals surface area contributed by atoms with Gasteiger partial charge in [-0.3, -0.25) is 4.79 Å². The van der Waals surface area contributed by atoms with Gasteiger partial charge in [-0.1, -0.05) is 62.6 Å². The van der Waals surface area contributed by atoms with Crippen molar-refractivity contribution in [2.24, 2.45) is 5.92 Å². The molecule has 0 spiro atoms. The molecule has 1 heterocycles. The summed E-state index contributed by atoms with van der Waals surface area (Å²) in [6.45, 7) is 1.71. The summed E-state index contributed by atoms with van der Waals surface area (Å²) < 4.78 is 20.2. The molecular formula is C29H30FNO3. The number of hydrogen-bond donors (Lipinski definition) is 1. The van der Waals surface area contributed by atoms with Crippen LogP contribution in [0.15, 0.2) is 54.7 Å². The highest BCUT2D eigenvalue weighted by Gasteiger charge is 2.17. The van der Waals surface area contributed by atoms with Gasteiger partial charge >= 0.3 is 5.97 Å². The number of allylic oxidation sites excluding steroid dienone is 1. The van der Waals surface area contributed by atoms with Crippen LogP contribution in [-0.4, -0.2) is 23.2 Å². The van der Waals surface area contributed by atoms with Gasteiger partial charge in [0.25, 0.3) is 0 Å². The Bertz CT molecular complexity index is 1210. The molecule has 176 valence electrons. The highest BCUT2D eigenvalue weighted by atomic mass is 19.1. The Hall–Kier alpha value is -3.47. The third-order valence-electron chi connectivity index (χ3n) is 6.11. The lowest BCUT2D eigenvalue weighted by Gasteiger charge is -2.19. The highest BCUT2D eigenvalue weighted by molar-refractivity contribution is 5.85. The molecule has 1 fully saturated rings. The number of aromatic nitrogens is 1. The van der Waals surface area contributed by atoms with E-state index in [1.54, 1.807) is 32.4 Å². The molecule has 0 saturated heterocycles. The molecule has 1 atom stereocenters. The molecule has 0 radical (unpaired) electrons. The molecule has 1 saturated carbocycles. The van der Waals surface area contributed by atoms with Gasteiger partial charge in [0, 0.05) is 17.8 Å². The molecule has 1 unspecified atom stereocenters. The maximum Gasteiger partial charge on any atom is 0.306 e. The molecule has 4 nitrogen and oxygen atoms in total. The molecule has 3 aromatic rings. The molecule has 5 rings (SSSR count). The van der Waals surface area contributed by atoms with E-state index >= 15 is 4.39 Å². The average molecular weight is 460 g/mol. The fourth-order valence-corrected chi connectivity index (χ4v) is 3.97. The van der Waals surface area contributed by atoms with Crippen LogP contribution in [0.3, 0.4) is 0 Å². The first-order valence-corrected chi connectivity index (χ1v) is 11.8. The van der Waals surface area contributed by atoms with Gasteiger partial charge in [-0.25, -0.2) is 9.37 Å². The summed E-state index contributed by atoms with van der Waals surface area (Å²) in [5.74, 6) is -1.02. The first kappa shape index (κ1) is 23.7. The van der Waals surface area contributed by atoms with Crippen LogP contribution < -0.4 is 4.74 Å². The molecule has 34 heavy (non-hydrogen) atoms. The van der Waals surface area contributed by atoms with E-state index in [9.17, 15) is 9.90 Å². The van der Waals surface area contributed by atoms with Gasteiger partial charge in [0.15, 0.2) is 0 Å². The van der Waals surface area contributed by atoms with Crippen LogP contribution in [0.25, 0.3) is 22.8 Å². The van der Waals surface area contributed by atoms with Gasteiger partial charge in [-0.2, -0.15) is 0 Å². The predicted molar refractivity (Wildman–Crippen MR) is 133 cm³/mol. The predicted octanol–water partition coefficient (Wildman–Crippen LogP) is 6.82. The summed E-state index contributed by atoms with van der Waals surface area (Å²) in [6, 6.07) is 15.0. The van der Waals surface area contributed by atoms with Gasteiger partial charge in [-0.15, -0.1) is 0 Å². The van der Waals surface area contributed by atoms with Gasteiger partial charge in [0.05, 0.1) is 13.0 Å². The van der Waals surface area contributed by atoms with E-state index in [4.69, 9.17) is 4.74 Å². The van der Waals surface area contributed by atoms with Crippen molar-refractivity contribution in [2.75, 3.05) is 7.11 Å². The zero-order valence-electron chi connectivity index (χ0n) is 19.7. The first-order valence-electron chi connectivity index (χ1n) is 11.8. The number of fused-ring (bicyclic) bond motifs is 1. The molecule has 2 aliphatic carbocycles. The summed E-state index contributed by atoms with van der Waals surface area (Å²) in [5.41, 5.74) is 6.39. The molecule has 0 amide bonds. The lowest BCUT2D eigenvalue weighted by atomic mass is 9.86. The Balaban J connectivity index is 0.000000846. The second kappa shape index (κ2) is 10.6. The van der Waals surface area contributed by atoms with Crippen molar-refractivity contribution in [3.63, 3.8) is 0 Å². The number of carboxylic acid groups (broad SMARTS) is 1. The maximum atomic E-state index is 15.1. The molecule has 2 aromatic carbocycles. The van der Waals surface area contributed by atoms with Crippen molar-refractivity contribution in [3.05, 3.63) is 82.8 Å². The standard InChI is InChI=1S/C26H24FNO3.C3H6/c1-16(26(29)30)11-17-3-4-18-5-6-21(13-22(18)12-17)23-8-7-19(14-24(23)27)20-9-10-28-25(15-20)31-2;1-2-3-1/h3-4,7-10,12-16H,5-6,11H2,1-2H3,(H,29,30);1-3H2. The number of carboxylic acids is 1. The third kappa shape index (κ3) is 5.90. The van der Waals surface area contributed by atoms with Crippen LogP contribution in [0.4, 0.5) is 4.39 Å². The summed E-state index contributed by atoms with van der Waals surface area (Å²) in [4.78, 5) is 15.3. The van der Waals surface area contributed by atoms with Crippen LogP contribution in [0.2, 0.25) is 0 Å². The van der Waals surface area contributed by atoms with Gasteiger partial charge in [0.1, 0.15) is 5.82 Å². The van der Waals surface area contributed by atoms with Crippen molar-refractivity contribution in [2.45, 2.75) is 45.4 Å². The monoisotopic (exact) mass is 459 g/mol. The van der Waals surface area contributed by atoms with E-state index in [0.717, 1.165) is 40.7 Å². The molecule has 2 aliphatic rings. The number of rotatable bonds is 6. The normalized spacial score (nSPS) is 14.7. The maximum absolute atomic E-state index is 15.1. The number of pyridine rings is 1. The van der Waals surface area contributed by atoms with Crippen molar-refractivity contribution in [1.29, 1.82) is 0 Å². The zero-order valence-corrected chi connectivity index (χ0v) is 19.7. The van der Waals surface area contributed by atoms with Crippen molar-refractivity contribution in [1.82, 2.24) is 4.98 Å². The fourth-order valence-electron chi connectivity index (χ4n) is 3.97. The van der Waals surface area contributed by atoms with Crippen molar-refractivity contribution in [3.8, 4) is 17.0 Å². The molecular weight excluding hydrogens is 429 g/mol. The average Bonchev–Trinajstić information content (AvgIpc) is 3.73. The molecule has 0 aliphatic heterocycles. The number of nitrogens with zero attached hydrogens (tertiary/aromatic N) is 1. The Kier molecular flexibility index (Phi) is 7.41. The zero-order chi connectivity index (χ0) is 24.1. The van der Waals surface area contributed by atoms with Crippen LogP contribution in [0.1, 0.15) is 54.9 Å². The van der Waals surface area contributed by atoms with Crippen LogP contribution >= 0.6 is 0 Å². The Labute approximate surface area is 200 Å². The minimum Gasteiger partial charge on any atom is -0.481 e. The summed E-state index contributed by atoms with van der Waals surface area (Å²) >= 11 is 0.